The summed E-state index contributed by atoms with van der Waals surface area (Å²) in [6.07, 6.45) is 2.05. The Balaban J connectivity index is 1.58. The number of hydroxylamine groups is 1. The molecule has 0 saturated carbocycles. The molecule has 0 radical (unpaired) electrons. The largest absolute Gasteiger partial charge is 0.361 e. The number of halogens is 1. The van der Waals surface area contributed by atoms with Crippen LogP contribution in [0.1, 0.15) is 26.3 Å². The highest BCUT2D eigenvalue weighted by molar-refractivity contribution is 6.33. The van der Waals surface area contributed by atoms with Crippen LogP contribution in [0.5, 0.6) is 0 Å². The van der Waals surface area contributed by atoms with Gasteiger partial charge in [0.25, 0.3) is 11.8 Å². The highest BCUT2D eigenvalue weighted by atomic mass is 35.5. The molecule has 0 aliphatic carbocycles. The van der Waals surface area contributed by atoms with E-state index in [1.54, 1.807) is 29.7 Å². The van der Waals surface area contributed by atoms with Gasteiger partial charge in [-0.05, 0) is 48.0 Å². The number of rotatable bonds is 7. The fraction of sp³-hybridized carbons (Fsp3) is 0.0800. The fourth-order valence-corrected chi connectivity index (χ4v) is 3.83. The lowest BCUT2D eigenvalue weighted by molar-refractivity contribution is -0.118. The Morgan fingerprint density at radius 3 is 2.35 bits per heavy atom. The van der Waals surface area contributed by atoms with Crippen LogP contribution in [-0.4, -0.2) is 34.0 Å². The molecule has 0 spiro atoms. The number of amides is 3. The fourth-order valence-electron chi connectivity index (χ4n) is 3.61. The van der Waals surface area contributed by atoms with Crippen LogP contribution in [0.25, 0.3) is 10.9 Å². The summed E-state index contributed by atoms with van der Waals surface area (Å²) >= 11 is 6.17. The predicted octanol–water partition coefficient (Wildman–Crippen LogP) is 3.92. The average molecular weight is 477 g/mol. The number of anilines is 1. The van der Waals surface area contributed by atoms with E-state index in [4.69, 9.17) is 16.8 Å². The van der Waals surface area contributed by atoms with Gasteiger partial charge in [-0.2, -0.15) is 0 Å². The van der Waals surface area contributed by atoms with Crippen LogP contribution >= 0.6 is 11.6 Å². The van der Waals surface area contributed by atoms with E-state index in [0.717, 1.165) is 16.5 Å². The van der Waals surface area contributed by atoms with E-state index in [0.29, 0.717) is 5.69 Å². The van der Waals surface area contributed by atoms with Crippen molar-refractivity contribution in [3.8, 4) is 0 Å². The Hall–Kier alpha value is -4.14. The normalized spacial score (nSPS) is 11.6. The highest BCUT2D eigenvalue weighted by Gasteiger charge is 2.24. The summed E-state index contributed by atoms with van der Waals surface area (Å²) < 4.78 is 0. The van der Waals surface area contributed by atoms with Crippen molar-refractivity contribution in [2.24, 2.45) is 0 Å². The topological polar surface area (TPSA) is 123 Å². The smallest absolute Gasteiger partial charge is 0.274 e. The van der Waals surface area contributed by atoms with E-state index >= 15 is 0 Å². The van der Waals surface area contributed by atoms with Crippen molar-refractivity contribution >= 4 is 45.9 Å². The van der Waals surface area contributed by atoms with Crippen LogP contribution < -0.4 is 16.1 Å². The van der Waals surface area contributed by atoms with Gasteiger partial charge in [0.05, 0.1) is 10.6 Å². The number of nitrogens with one attached hydrogen (secondary N) is 4. The van der Waals surface area contributed by atoms with Crippen LogP contribution in [0.3, 0.4) is 0 Å². The number of para-hydroxylation sites is 1. The van der Waals surface area contributed by atoms with Crippen LogP contribution in [0.4, 0.5) is 5.69 Å². The molecular weight excluding hydrogens is 456 g/mol. The van der Waals surface area contributed by atoms with Gasteiger partial charge in [0.15, 0.2) is 0 Å². The first-order chi connectivity index (χ1) is 16.5. The molecule has 3 amide bonds. The van der Waals surface area contributed by atoms with E-state index in [1.807, 2.05) is 30.5 Å². The quantitative estimate of drug-likeness (QED) is 0.205. The van der Waals surface area contributed by atoms with Gasteiger partial charge in [-0.15, -0.1) is 0 Å². The Morgan fingerprint density at radius 2 is 1.62 bits per heavy atom. The summed E-state index contributed by atoms with van der Waals surface area (Å²) in [4.78, 5) is 40.8. The molecule has 9 heteroatoms. The Labute approximate surface area is 199 Å². The van der Waals surface area contributed by atoms with Gasteiger partial charge < -0.3 is 15.6 Å². The lowest BCUT2D eigenvalue weighted by Gasteiger charge is -2.19. The molecule has 3 aromatic carbocycles. The van der Waals surface area contributed by atoms with Crippen molar-refractivity contribution in [2.45, 2.75) is 12.5 Å². The highest BCUT2D eigenvalue weighted by Crippen LogP contribution is 2.21. The third-order valence-corrected chi connectivity index (χ3v) is 5.69. The molecule has 5 N–H and O–H groups in total. The maximum absolute atomic E-state index is 13.2. The molecule has 0 unspecified atom stereocenters. The molecule has 172 valence electrons. The van der Waals surface area contributed by atoms with Crippen LogP contribution in [0.15, 0.2) is 79.0 Å². The maximum Gasteiger partial charge on any atom is 0.274 e. The second kappa shape index (κ2) is 10.2. The van der Waals surface area contributed by atoms with Gasteiger partial charge in [-0.1, -0.05) is 41.9 Å². The minimum absolute atomic E-state index is 0.225. The van der Waals surface area contributed by atoms with E-state index in [1.165, 1.54) is 24.3 Å². The molecule has 0 bridgehead atoms. The van der Waals surface area contributed by atoms with Gasteiger partial charge in [-0.25, -0.2) is 5.48 Å². The van der Waals surface area contributed by atoms with Gasteiger partial charge in [-0.3, -0.25) is 19.6 Å². The van der Waals surface area contributed by atoms with E-state index < -0.39 is 23.8 Å². The molecule has 0 saturated heterocycles. The summed E-state index contributed by atoms with van der Waals surface area (Å²) in [5.41, 5.74) is 4.26. The first-order valence-electron chi connectivity index (χ1n) is 10.4. The number of hydrogen-bond acceptors (Lipinski definition) is 4. The maximum atomic E-state index is 13.2. The summed E-state index contributed by atoms with van der Waals surface area (Å²) in [6.45, 7) is 0. The van der Waals surface area contributed by atoms with Crippen molar-refractivity contribution in [1.29, 1.82) is 0 Å². The van der Waals surface area contributed by atoms with Gasteiger partial charge in [0.2, 0.25) is 5.91 Å². The summed E-state index contributed by atoms with van der Waals surface area (Å²) in [5.74, 6) is -1.58. The first-order valence-corrected chi connectivity index (χ1v) is 10.8. The molecule has 1 aromatic heterocycles. The third-order valence-electron chi connectivity index (χ3n) is 5.36. The zero-order valence-electron chi connectivity index (χ0n) is 17.8. The van der Waals surface area contributed by atoms with E-state index in [9.17, 15) is 14.4 Å². The van der Waals surface area contributed by atoms with Crippen molar-refractivity contribution in [3.63, 3.8) is 0 Å². The van der Waals surface area contributed by atoms with E-state index in [-0.39, 0.29) is 22.6 Å². The number of aromatic amines is 1. The van der Waals surface area contributed by atoms with Crippen LogP contribution in [-0.2, 0) is 11.2 Å². The van der Waals surface area contributed by atoms with Crippen molar-refractivity contribution in [3.05, 3.63) is 101 Å². The number of hydrogen-bond donors (Lipinski definition) is 5. The zero-order chi connectivity index (χ0) is 24.1. The van der Waals surface area contributed by atoms with Gasteiger partial charge >= 0.3 is 0 Å². The van der Waals surface area contributed by atoms with Crippen LogP contribution in [0.2, 0.25) is 5.02 Å². The van der Waals surface area contributed by atoms with Gasteiger partial charge in [0, 0.05) is 34.8 Å². The number of fused-ring (bicyclic) bond motifs is 1. The molecule has 8 nitrogen and oxygen atoms in total. The first kappa shape index (κ1) is 23.0. The molecular formula is C25H21ClN4O4. The van der Waals surface area contributed by atoms with Crippen molar-refractivity contribution < 1.29 is 19.6 Å². The predicted molar refractivity (Wildman–Crippen MR) is 129 cm³/mol. The van der Waals surface area contributed by atoms with Gasteiger partial charge in [0.1, 0.15) is 6.04 Å². The standard InChI is InChI=1S/C25H21ClN4O4/c26-20-7-3-1-6-19(20)24(32)29-22(13-16-14-27-21-8-4-2-5-18(16)21)25(33)28-17-11-9-15(10-12-17)23(31)30-34/h1-12,14,22,27,34H,13H2,(H,28,33)(H,29,32)(H,30,31)/t22-/m0/s1. The molecule has 4 aromatic rings. The Morgan fingerprint density at radius 1 is 0.912 bits per heavy atom. The lowest BCUT2D eigenvalue weighted by Crippen LogP contribution is -2.45. The molecule has 4 rings (SSSR count). The minimum Gasteiger partial charge on any atom is -0.361 e. The second-order valence-corrected chi connectivity index (χ2v) is 7.98. The SMILES string of the molecule is O=C(NO)c1ccc(NC(=O)[C@H](Cc2c[nH]c3ccccc23)NC(=O)c2ccccc2Cl)cc1. The Bertz CT molecular complexity index is 1350. The molecule has 0 aliphatic heterocycles. The number of H-pyrrole nitrogens is 1. The van der Waals surface area contributed by atoms with E-state index in [2.05, 4.69) is 15.6 Å². The summed E-state index contributed by atoms with van der Waals surface area (Å²) in [5, 5.41) is 15.5. The van der Waals surface area contributed by atoms with Crippen molar-refractivity contribution in [2.75, 3.05) is 5.32 Å². The molecule has 34 heavy (non-hydrogen) atoms. The number of aromatic nitrogens is 1. The molecule has 1 atom stereocenters. The molecule has 1 heterocycles. The number of carbonyl (C=O) groups is 3. The summed E-state index contributed by atoms with van der Waals surface area (Å²) in [7, 11) is 0. The monoisotopic (exact) mass is 476 g/mol. The molecule has 0 fully saturated rings. The molecule has 0 aliphatic rings. The van der Waals surface area contributed by atoms with Crippen molar-refractivity contribution in [1.82, 2.24) is 15.8 Å². The summed E-state index contributed by atoms with van der Waals surface area (Å²) in [6, 6.07) is 19.3. The number of benzene rings is 3. The number of carbonyl (C=O) groups excluding carboxylic acids is 3. The average Bonchev–Trinajstić information content (AvgIpc) is 3.26. The minimum atomic E-state index is -0.914. The Kier molecular flexibility index (Phi) is 6.91. The zero-order valence-corrected chi connectivity index (χ0v) is 18.6. The van der Waals surface area contributed by atoms with Crippen LogP contribution in [0, 0.1) is 0 Å². The second-order valence-electron chi connectivity index (χ2n) is 7.58. The lowest BCUT2D eigenvalue weighted by atomic mass is 10.0. The third kappa shape index (κ3) is 5.09.